The van der Waals surface area contributed by atoms with E-state index in [1.54, 1.807) is 6.08 Å². The molecule has 0 spiro atoms. The molecule has 0 bridgehead atoms. The summed E-state index contributed by atoms with van der Waals surface area (Å²) < 4.78 is 0. The molecule has 3 heteroatoms. The standard InChI is InChI=1S/C13H14N2O/c1-2-3-8-15-13(16)11-5-4-6-12-10(11)7-9-14-12/h2,4-7,9,14H,1,3,8H2,(H,15,16). The Bertz CT molecular complexity index is 513. The monoisotopic (exact) mass is 214 g/mol. The second-order valence-corrected chi connectivity index (χ2v) is 3.58. The Balaban J connectivity index is 2.22. The molecule has 0 unspecified atom stereocenters. The molecule has 0 saturated carbocycles. The molecule has 0 aliphatic heterocycles. The van der Waals surface area contributed by atoms with Gasteiger partial charge in [0.25, 0.3) is 5.91 Å². The predicted molar refractivity (Wildman–Crippen MR) is 65.4 cm³/mol. The van der Waals surface area contributed by atoms with Crippen molar-refractivity contribution in [2.45, 2.75) is 6.42 Å². The van der Waals surface area contributed by atoms with E-state index in [4.69, 9.17) is 0 Å². The second kappa shape index (κ2) is 4.66. The number of carbonyl (C=O) groups is 1. The minimum atomic E-state index is -0.0351. The summed E-state index contributed by atoms with van der Waals surface area (Å²) in [5.74, 6) is -0.0351. The first kappa shape index (κ1) is 10.5. The van der Waals surface area contributed by atoms with E-state index in [1.165, 1.54) is 0 Å². The van der Waals surface area contributed by atoms with Gasteiger partial charge in [-0.25, -0.2) is 0 Å². The van der Waals surface area contributed by atoms with Crippen LogP contribution in [0.1, 0.15) is 16.8 Å². The van der Waals surface area contributed by atoms with Crippen molar-refractivity contribution in [2.75, 3.05) is 6.54 Å². The van der Waals surface area contributed by atoms with Crippen LogP contribution in [0, 0.1) is 0 Å². The molecule has 1 heterocycles. The molecule has 2 aromatic rings. The molecule has 0 fully saturated rings. The Morgan fingerprint density at radius 1 is 1.44 bits per heavy atom. The number of aromatic amines is 1. The van der Waals surface area contributed by atoms with Gasteiger partial charge in [0.05, 0.1) is 0 Å². The molecular weight excluding hydrogens is 200 g/mol. The van der Waals surface area contributed by atoms with Gasteiger partial charge in [-0.05, 0) is 24.6 Å². The molecule has 1 amide bonds. The van der Waals surface area contributed by atoms with Crippen molar-refractivity contribution in [3.05, 3.63) is 48.7 Å². The van der Waals surface area contributed by atoms with Gasteiger partial charge in [0.2, 0.25) is 0 Å². The van der Waals surface area contributed by atoms with Gasteiger partial charge in [0.15, 0.2) is 0 Å². The van der Waals surface area contributed by atoms with Gasteiger partial charge in [-0.2, -0.15) is 0 Å². The van der Waals surface area contributed by atoms with E-state index < -0.39 is 0 Å². The first-order valence-electron chi connectivity index (χ1n) is 5.28. The molecule has 1 aromatic heterocycles. The summed E-state index contributed by atoms with van der Waals surface area (Å²) in [6.45, 7) is 4.24. The average Bonchev–Trinajstić information content (AvgIpc) is 2.76. The zero-order valence-corrected chi connectivity index (χ0v) is 8.99. The number of benzene rings is 1. The Labute approximate surface area is 94.2 Å². The summed E-state index contributed by atoms with van der Waals surface area (Å²) >= 11 is 0. The minimum Gasteiger partial charge on any atom is -0.361 e. The number of hydrogen-bond donors (Lipinski definition) is 2. The molecule has 0 saturated heterocycles. The average molecular weight is 214 g/mol. The lowest BCUT2D eigenvalue weighted by molar-refractivity contribution is 0.0956. The van der Waals surface area contributed by atoms with Crippen LogP contribution in [0.3, 0.4) is 0 Å². The highest BCUT2D eigenvalue weighted by atomic mass is 16.1. The van der Waals surface area contributed by atoms with E-state index in [9.17, 15) is 4.79 Å². The molecule has 3 nitrogen and oxygen atoms in total. The fraction of sp³-hybridized carbons (Fsp3) is 0.154. The predicted octanol–water partition coefficient (Wildman–Crippen LogP) is 2.47. The van der Waals surface area contributed by atoms with Crippen LogP contribution in [0.5, 0.6) is 0 Å². The number of fused-ring (bicyclic) bond motifs is 1. The molecule has 0 atom stereocenters. The first-order chi connectivity index (χ1) is 7.83. The maximum absolute atomic E-state index is 11.9. The lowest BCUT2D eigenvalue weighted by atomic mass is 10.1. The highest BCUT2D eigenvalue weighted by molar-refractivity contribution is 6.06. The van der Waals surface area contributed by atoms with Gasteiger partial charge in [0.1, 0.15) is 0 Å². The number of carbonyl (C=O) groups excluding carboxylic acids is 1. The van der Waals surface area contributed by atoms with Gasteiger partial charge >= 0.3 is 0 Å². The SMILES string of the molecule is C=CCCNC(=O)c1cccc2[nH]ccc12. The number of aromatic nitrogens is 1. The van der Waals surface area contributed by atoms with Gasteiger partial charge < -0.3 is 10.3 Å². The molecule has 0 aliphatic rings. The van der Waals surface area contributed by atoms with Crippen molar-refractivity contribution >= 4 is 16.8 Å². The summed E-state index contributed by atoms with van der Waals surface area (Å²) in [5, 5.41) is 3.81. The molecule has 16 heavy (non-hydrogen) atoms. The van der Waals surface area contributed by atoms with E-state index >= 15 is 0 Å². The Morgan fingerprint density at radius 3 is 3.12 bits per heavy atom. The van der Waals surface area contributed by atoms with Crippen LogP contribution in [0.25, 0.3) is 10.9 Å². The van der Waals surface area contributed by atoms with Crippen molar-refractivity contribution in [3.63, 3.8) is 0 Å². The zero-order valence-electron chi connectivity index (χ0n) is 8.99. The van der Waals surface area contributed by atoms with Crippen LogP contribution in [-0.2, 0) is 0 Å². The second-order valence-electron chi connectivity index (χ2n) is 3.58. The maximum atomic E-state index is 11.9. The third kappa shape index (κ3) is 1.98. The summed E-state index contributed by atoms with van der Waals surface area (Å²) in [5.41, 5.74) is 1.69. The Morgan fingerprint density at radius 2 is 2.31 bits per heavy atom. The normalized spacial score (nSPS) is 10.2. The minimum absolute atomic E-state index is 0.0351. The number of H-pyrrole nitrogens is 1. The van der Waals surface area contributed by atoms with Crippen LogP contribution in [-0.4, -0.2) is 17.4 Å². The fourth-order valence-corrected chi connectivity index (χ4v) is 1.67. The molecular formula is C13H14N2O. The van der Waals surface area contributed by atoms with Crippen molar-refractivity contribution in [1.82, 2.24) is 10.3 Å². The summed E-state index contributed by atoms with van der Waals surface area (Å²) in [7, 11) is 0. The van der Waals surface area contributed by atoms with Gasteiger partial charge in [0, 0.05) is 29.2 Å². The van der Waals surface area contributed by atoms with Crippen LogP contribution < -0.4 is 5.32 Å². The molecule has 0 aliphatic carbocycles. The fourth-order valence-electron chi connectivity index (χ4n) is 1.67. The zero-order chi connectivity index (χ0) is 11.4. The van der Waals surface area contributed by atoms with E-state index in [1.807, 2.05) is 30.5 Å². The topological polar surface area (TPSA) is 44.9 Å². The molecule has 0 radical (unpaired) electrons. The number of nitrogens with one attached hydrogen (secondary N) is 2. The maximum Gasteiger partial charge on any atom is 0.251 e. The van der Waals surface area contributed by atoms with Crippen LogP contribution in [0.4, 0.5) is 0 Å². The Kier molecular flexibility index (Phi) is 3.05. The van der Waals surface area contributed by atoms with E-state index in [-0.39, 0.29) is 5.91 Å². The lowest BCUT2D eigenvalue weighted by Crippen LogP contribution is -2.24. The van der Waals surface area contributed by atoms with E-state index in [0.29, 0.717) is 12.1 Å². The van der Waals surface area contributed by atoms with Crippen molar-refractivity contribution in [2.24, 2.45) is 0 Å². The van der Waals surface area contributed by atoms with E-state index in [0.717, 1.165) is 17.3 Å². The third-order valence-corrected chi connectivity index (χ3v) is 2.47. The van der Waals surface area contributed by atoms with Gasteiger partial charge in [-0.15, -0.1) is 6.58 Å². The molecule has 82 valence electrons. The highest BCUT2D eigenvalue weighted by Crippen LogP contribution is 2.16. The van der Waals surface area contributed by atoms with Crippen LogP contribution in [0.15, 0.2) is 43.1 Å². The summed E-state index contributed by atoms with van der Waals surface area (Å²) in [4.78, 5) is 15.0. The lowest BCUT2D eigenvalue weighted by Gasteiger charge is -2.04. The Hall–Kier alpha value is -2.03. The third-order valence-electron chi connectivity index (χ3n) is 2.47. The summed E-state index contributed by atoms with van der Waals surface area (Å²) in [6.07, 6.45) is 4.41. The molecule has 2 rings (SSSR count). The largest absolute Gasteiger partial charge is 0.361 e. The van der Waals surface area contributed by atoms with Crippen molar-refractivity contribution in [3.8, 4) is 0 Å². The van der Waals surface area contributed by atoms with Crippen LogP contribution in [0.2, 0.25) is 0 Å². The van der Waals surface area contributed by atoms with Gasteiger partial charge in [-0.1, -0.05) is 12.1 Å². The quantitative estimate of drug-likeness (QED) is 0.596. The highest BCUT2D eigenvalue weighted by Gasteiger charge is 2.08. The smallest absolute Gasteiger partial charge is 0.251 e. The number of amides is 1. The number of rotatable bonds is 4. The number of hydrogen-bond acceptors (Lipinski definition) is 1. The molecule has 2 N–H and O–H groups in total. The first-order valence-corrected chi connectivity index (χ1v) is 5.28. The molecule has 1 aromatic carbocycles. The van der Waals surface area contributed by atoms with Crippen molar-refractivity contribution in [1.29, 1.82) is 0 Å². The summed E-state index contributed by atoms with van der Waals surface area (Å²) in [6, 6.07) is 7.58. The van der Waals surface area contributed by atoms with Gasteiger partial charge in [-0.3, -0.25) is 4.79 Å². The van der Waals surface area contributed by atoms with Crippen molar-refractivity contribution < 1.29 is 4.79 Å². The van der Waals surface area contributed by atoms with E-state index in [2.05, 4.69) is 16.9 Å². The van der Waals surface area contributed by atoms with Crippen LogP contribution >= 0.6 is 0 Å².